The van der Waals surface area contributed by atoms with Crippen LogP contribution in [0.3, 0.4) is 0 Å². The number of nitrogens with one attached hydrogen (secondary N) is 1. The van der Waals surface area contributed by atoms with Crippen molar-refractivity contribution in [1.29, 1.82) is 0 Å². The second-order valence-electron chi connectivity index (χ2n) is 4.53. The van der Waals surface area contributed by atoms with Crippen LogP contribution >= 0.6 is 0 Å². The average molecular weight is 280 g/mol. The zero-order valence-corrected chi connectivity index (χ0v) is 10.5. The normalized spacial score (nSPS) is 14.6. The molecule has 2 amide bonds. The maximum absolute atomic E-state index is 12.9. The molecule has 1 fully saturated rings. The smallest absolute Gasteiger partial charge is 0.310 e. The summed E-state index contributed by atoms with van der Waals surface area (Å²) in [5.74, 6) is -2.90. The van der Waals surface area contributed by atoms with Gasteiger partial charge in [0.1, 0.15) is 5.82 Å². The van der Waals surface area contributed by atoms with Crippen LogP contribution in [0, 0.1) is 11.7 Å². The highest BCUT2D eigenvalue weighted by atomic mass is 19.1. The van der Waals surface area contributed by atoms with Gasteiger partial charge in [0, 0.05) is 18.7 Å². The van der Waals surface area contributed by atoms with E-state index in [4.69, 9.17) is 5.11 Å². The van der Waals surface area contributed by atoms with Gasteiger partial charge in [0.15, 0.2) is 0 Å². The van der Waals surface area contributed by atoms with Crippen molar-refractivity contribution in [2.75, 3.05) is 19.6 Å². The highest BCUT2D eigenvalue weighted by Crippen LogP contribution is 2.15. The molecule has 106 valence electrons. The highest BCUT2D eigenvalue weighted by Gasteiger charge is 2.35. The van der Waals surface area contributed by atoms with Gasteiger partial charge in [-0.1, -0.05) is 6.07 Å². The van der Waals surface area contributed by atoms with Crippen molar-refractivity contribution in [2.24, 2.45) is 5.92 Å². The summed E-state index contributed by atoms with van der Waals surface area (Å²) in [5, 5.41) is 11.1. The van der Waals surface area contributed by atoms with Crippen molar-refractivity contribution in [3.05, 3.63) is 35.6 Å². The fourth-order valence-corrected chi connectivity index (χ4v) is 1.84. The molecule has 0 atom stereocenters. The van der Waals surface area contributed by atoms with Gasteiger partial charge >= 0.3 is 5.97 Å². The summed E-state index contributed by atoms with van der Waals surface area (Å²) in [5.41, 5.74) is 0.129. The molecule has 0 unspecified atom stereocenters. The number of aliphatic carboxylic acids is 1. The molecule has 0 aliphatic carbocycles. The Kier molecular flexibility index (Phi) is 3.97. The van der Waals surface area contributed by atoms with Crippen LogP contribution in [0.25, 0.3) is 0 Å². The molecule has 1 aromatic rings. The zero-order valence-electron chi connectivity index (χ0n) is 10.5. The molecule has 7 heteroatoms. The number of nitrogens with zero attached hydrogens (tertiary/aromatic N) is 1. The third kappa shape index (κ3) is 3.11. The number of likely N-dealkylation sites (tertiary alicyclic amines) is 1. The third-order valence-corrected chi connectivity index (χ3v) is 3.07. The summed E-state index contributed by atoms with van der Waals surface area (Å²) in [6.45, 7) is 0.0791. The van der Waals surface area contributed by atoms with Crippen LogP contribution in [-0.2, 0) is 9.59 Å². The molecule has 1 aliphatic heterocycles. The van der Waals surface area contributed by atoms with E-state index in [9.17, 15) is 18.8 Å². The number of carbonyl (C=O) groups excluding carboxylic acids is 2. The first-order valence-corrected chi connectivity index (χ1v) is 6.01. The Labute approximate surface area is 114 Å². The maximum Gasteiger partial charge on any atom is 0.310 e. The number of halogens is 1. The van der Waals surface area contributed by atoms with Gasteiger partial charge in [-0.3, -0.25) is 14.4 Å². The van der Waals surface area contributed by atoms with Crippen LogP contribution in [-0.4, -0.2) is 47.4 Å². The molecule has 1 aliphatic rings. The SMILES string of the molecule is O=C(NCC(=O)N1CC(C(=O)O)C1)c1cccc(F)c1. The van der Waals surface area contributed by atoms with Gasteiger partial charge in [0.2, 0.25) is 5.91 Å². The molecular formula is C13H13FN2O4. The second kappa shape index (κ2) is 5.68. The molecule has 1 saturated heterocycles. The lowest BCUT2D eigenvalue weighted by Gasteiger charge is -2.36. The Morgan fingerprint density at radius 3 is 2.65 bits per heavy atom. The Morgan fingerprint density at radius 2 is 2.05 bits per heavy atom. The highest BCUT2D eigenvalue weighted by molar-refractivity contribution is 5.96. The van der Waals surface area contributed by atoms with E-state index < -0.39 is 23.6 Å². The average Bonchev–Trinajstić information content (AvgIpc) is 2.33. The first-order chi connectivity index (χ1) is 9.47. The van der Waals surface area contributed by atoms with Gasteiger partial charge in [0.25, 0.3) is 5.91 Å². The van der Waals surface area contributed by atoms with Gasteiger partial charge in [0.05, 0.1) is 12.5 Å². The van der Waals surface area contributed by atoms with E-state index in [1.165, 1.54) is 23.1 Å². The van der Waals surface area contributed by atoms with Gasteiger partial charge in [-0.25, -0.2) is 4.39 Å². The second-order valence-corrected chi connectivity index (χ2v) is 4.53. The lowest BCUT2D eigenvalue weighted by Crippen LogP contribution is -2.55. The van der Waals surface area contributed by atoms with Crippen molar-refractivity contribution in [2.45, 2.75) is 0 Å². The number of carbonyl (C=O) groups is 3. The van der Waals surface area contributed by atoms with E-state index >= 15 is 0 Å². The van der Waals surface area contributed by atoms with Crippen molar-refractivity contribution in [1.82, 2.24) is 10.2 Å². The van der Waals surface area contributed by atoms with E-state index in [0.717, 1.165) is 6.07 Å². The molecule has 2 N–H and O–H groups in total. The van der Waals surface area contributed by atoms with Crippen molar-refractivity contribution in [3.63, 3.8) is 0 Å². The monoisotopic (exact) mass is 280 g/mol. The van der Waals surface area contributed by atoms with E-state index in [1.54, 1.807) is 0 Å². The van der Waals surface area contributed by atoms with Gasteiger partial charge < -0.3 is 15.3 Å². The molecule has 0 spiro atoms. The summed E-state index contributed by atoms with van der Waals surface area (Å²) in [6.07, 6.45) is 0. The third-order valence-electron chi connectivity index (χ3n) is 3.07. The summed E-state index contributed by atoms with van der Waals surface area (Å²) >= 11 is 0. The Hall–Kier alpha value is -2.44. The lowest BCUT2D eigenvalue weighted by atomic mass is 10.0. The fraction of sp³-hybridized carbons (Fsp3) is 0.308. The van der Waals surface area contributed by atoms with Gasteiger partial charge in [-0.15, -0.1) is 0 Å². The lowest BCUT2D eigenvalue weighted by molar-refractivity contribution is -0.152. The predicted molar refractivity (Wildman–Crippen MR) is 66.4 cm³/mol. The molecule has 0 bridgehead atoms. The fourth-order valence-electron chi connectivity index (χ4n) is 1.84. The minimum Gasteiger partial charge on any atom is -0.481 e. The number of carboxylic acids is 1. The summed E-state index contributed by atoms with van der Waals surface area (Å²) in [6, 6.07) is 5.13. The number of hydrogen-bond donors (Lipinski definition) is 2. The number of carboxylic acid groups (broad SMARTS) is 1. The van der Waals surface area contributed by atoms with E-state index in [1.807, 2.05) is 0 Å². The van der Waals surface area contributed by atoms with Crippen molar-refractivity contribution in [3.8, 4) is 0 Å². The van der Waals surface area contributed by atoms with E-state index in [2.05, 4.69) is 5.32 Å². The molecule has 6 nitrogen and oxygen atoms in total. The van der Waals surface area contributed by atoms with Crippen LogP contribution in [0.2, 0.25) is 0 Å². The van der Waals surface area contributed by atoms with Crippen LogP contribution < -0.4 is 5.32 Å². The number of amides is 2. The van der Waals surface area contributed by atoms with Gasteiger partial charge in [-0.2, -0.15) is 0 Å². The molecule has 0 radical (unpaired) electrons. The van der Waals surface area contributed by atoms with Gasteiger partial charge in [-0.05, 0) is 18.2 Å². The van der Waals surface area contributed by atoms with Crippen LogP contribution in [0.4, 0.5) is 4.39 Å². The first-order valence-electron chi connectivity index (χ1n) is 6.01. The molecular weight excluding hydrogens is 267 g/mol. The van der Waals surface area contributed by atoms with Crippen molar-refractivity contribution < 1.29 is 23.9 Å². The van der Waals surface area contributed by atoms with Crippen molar-refractivity contribution >= 4 is 17.8 Å². The minimum absolute atomic E-state index is 0.129. The largest absolute Gasteiger partial charge is 0.481 e. The zero-order chi connectivity index (χ0) is 14.7. The summed E-state index contributed by atoms with van der Waals surface area (Å²) in [7, 11) is 0. The Bertz CT molecular complexity index is 555. The summed E-state index contributed by atoms with van der Waals surface area (Å²) in [4.78, 5) is 35.2. The number of hydrogen-bond acceptors (Lipinski definition) is 3. The topological polar surface area (TPSA) is 86.7 Å². The number of rotatable bonds is 4. The molecule has 1 heterocycles. The van der Waals surface area contributed by atoms with Crippen LogP contribution in [0.5, 0.6) is 0 Å². The Balaban J connectivity index is 1.80. The minimum atomic E-state index is -0.933. The van der Waals surface area contributed by atoms with E-state index in [0.29, 0.717) is 0 Å². The first kappa shape index (κ1) is 14.0. The standard InChI is InChI=1S/C13H13FN2O4/c14-10-3-1-2-8(4-10)12(18)15-5-11(17)16-6-9(7-16)13(19)20/h1-4,9H,5-7H2,(H,15,18)(H,19,20). The molecule has 2 rings (SSSR count). The van der Waals surface area contributed by atoms with E-state index in [-0.39, 0.29) is 31.1 Å². The van der Waals surface area contributed by atoms with Crippen LogP contribution in [0.1, 0.15) is 10.4 Å². The summed E-state index contributed by atoms with van der Waals surface area (Å²) < 4.78 is 12.9. The molecule has 20 heavy (non-hydrogen) atoms. The van der Waals surface area contributed by atoms with Crippen LogP contribution in [0.15, 0.2) is 24.3 Å². The Morgan fingerprint density at radius 1 is 1.35 bits per heavy atom. The molecule has 0 aromatic heterocycles. The molecule has 1 aromatic carbocycles. The predicted octanol–water partition coefficient (Wildman–Crippen LogP) is 0.0985. The number of benzene rings is 1. The maximum atomic E-state index is 12.9. The molecule has 0 saturated carbocycles. The quantitative estimate of drug-likeness (QED) is 0.819.